The molecule has 4 aromatic rings. The fraction of sp³-hybridized carbons (Fsp3) is 0.241. The van der Waals surface area contributed by atoms with Gasteiger partial charge in [-0.1, -0.05) is 18.2 Å². The van der Waals surface area contributed by atoms with Crippen LogP contribution in [0.3, 0.4) is 0 Å². The summed E-state index contributed by atoms with van der Waals surface area (Å²) >= 11 is 0. The Balaban J connectivity index is 1.40. The standard InChI is InChI=1S/C29H27N5O4/c35-27(19-33-11-2-10-32-33)34-12-8-20-14-24-6-7-26(20)28(34)21-4-1-5-23(15-21)37-13-3-9-31-29(36)22-16-25(38-24)18-30-17-22/h1-2,4-7,10-11,14-18,28H,3,8-9,12-13,19H2,(H,31,36). The van der Waals surface area contributed by atoms with Gasteiger partial charge in [0.2, 0.25) is 5.91 Å². The maximum Gasteiger partial charge on any atom is 0.252 e. The van der Waals surface area contributed by atoms with Crippen LogP contribution in [0.25, 0.3) is 0 Å². The maximum absolute atomic E-state index is 13.5. The van der Waals surface area contributed by atoms with E-state index >= 15 is 0 Å². The van der Waals surface area contributed by atoms with Crippen molar-refractivity contribution in [2.45, 2.75) is 25.4 Å². The summed E-state index contributed by atoms with van der Waals surface area (Å²) in [5, 5.41) is 7.12. The Kier molecular flexibility index (Phi) is 6.47. The van der Waals surface area contributed by atoms with Crippen LogP contribution in [0.5, 0.6) is 17.2 Å². The van der Waals surface area contributed by atoms with Gasteiger partial charge in [-0.3, -0.25) is 19.3 Å². The van der Waals surface area contributed by atoms with E-state index < -0.39 is 0 Å². The van der Waals surface area contributed by atoms with Crippen molar-refractivity contribution in [3.63, 3.8) is 0 Å². The van der Waals surface area contributed by atoms with Crippen LogP contribution in [-0.4, -0.2) is 51.2 Å². The number of ether oxygens (including phenoxy) is 2. The highest BCUT2D eigenvalue weighted by molar-refractivity contribution is 5.94. The minimum atomic E-state index is -0.275. The van der Waals surface area contributed by atoms with Gasteiger partial charge in [-0.15, -0.1) is 0 Å². The van der Waals surface area contributed by atoms with Crippen LogP contribution >= 0.6 is 0 Å². The van der Waals surface area contributed by atoms with Crippen LogP contribution in [0.1, 0.15) is 39.5 Å². The number of nitrogens with zero attached hydrogens (tertiary/aromatic N) is 4. The fourth-order valence-corrected chi connectivity index (χ4v) is 4.99. The van der Waals surface area contributed by atoms with E-state index in [1.807, 2.05) is 53.4 Å². The highest BCUT2D eigenvalue weighted by Gasteiger charge is 2.32. The molecule has 2 aromatic heterocycles. The predicted molar refractivity (Wildman–Crippen MR) is 139 cm³/mol. The molecule has 2 aromatic carbocycles. The van der Waals surface area contributed by atoms with Gasteiger partial charge in [0.1, 0.15) is 23.8 Å². The molecule has 9 nitrogen and oxygen atoms in total. The third-order valence-electron chi connectivity index (χ3n) is 6.78. The van der Waals surface area contributed by atoms with Crippen molar-refractivity contribution in [2.75, 3.05) is 19.7 Å². The molecule has 0 saturated carbocycles. The smallest absolute Gasteiger partial charge is 0.252 e. The second-order valence-electron chi connectivity index (χ2n) is 9.35. The van der Waals surface area contributed by atoms with Crippen molar-refractivity contribution < 1.29 is 19.1 Å². The summed E-state index contributed by atoms with van der Waals surface area (Å²) in [4.78, 5) is 32.2. The van der Waals surface area contributed by atoms with Gasteiger partial charge in [-0.2, -0.15) is 5.10 Å². The Labute approximate surface area is 220 Å². The summed E-state index contributed by atoms with van der Waals surface area (Å²) in [6, 6.07) is 17.0. The minimum absolute atomic E-state index is 0.00299. The number of hydrogen-bond donors (Lipinski definition) is 1. The molecule has 7 rings (SSSR count). The molecule has 1 atom stereocenters. The molecule has 38 heavy (non-hydrogen) atoms. The Hall–Kier alpha value is -4.66. The Bertz CT molecular complexity index is 1470. The summed E-state index contributed by atoms with van der Waals surface area (Å²) in [5.41, 5.74) is 3.55. The van der Waals surface area contributed by atoms with Crippen LogP contribution in [0.2, 0.25) is 0 Å². The fourth-order valence-electron chi connectivity index (χ4n) is 4.99. The van der Waals surface area contributed by atoms with E-state index in [9.17, 15) is 9.59 Å². The molecule has 0 aliphatic carbocycles. The lowest BCUT2D eigenvalue weighted by Gasteiger charge is -2.38. The first-order valence-corrected chi connectivity index (χ1v) is 12.7. The molecule has 0 radical (unpaired) electrons. The van der Waals surface area contributed by atoms with Crippen LogP contribution in [0.15, 0.2) is 79.4 Å². The van der Waals surface area contributed by atoms with E-state index in [0.717, 1.165) is 22.4 Å². The van der Waals surface area contributed by atoms with Crippen molar-refractivity contribution in [1.82, 2.24) is 25.0 Å². The van der Waals surface area contributed by atoms with Crippen LogP contribution < -0.4 is 14.8 Å². The molecule has 2 amide bonds. The van der Waals surface area contributed by atoms with Gasteiger partial charge < -0.3 is 19.7 Å². The molecule has 0 spiro atoms. The Morgan fingerprint density at radius 3 is 2.89 bits per heavy atom. The number of amides is 2. The van der Waals surface area contributed by atoms with Crippen molar-refractivity contribution >= 4 is 11.8 Å². The van der Waals surface area contributed by atoms with Crippen molar-refractivity contribution in [3.05, 3.63) is 102 Å². The third kappa shape index (κ3) is 4.95. The van der Waals surface area contributed by atoms with Gasteiger partial charge in [-0.05, 0) is 65.9 Å². The third-order valence-corrected chi connectivity index (χ3v) is 6.78. The first kappa shape index (κ1) is 23.7. The predicted octanol–water partition coefficient (Wildman–Crippen LogP) is 3.76. The molecule has 1 N–H and O–H groups in total. The molecule has 9 heteroatoms. The summed E-state index contributed by atoms with van der Waals surface area (Å²) < 4.78 is 13.8. The largest absolute Gasteiger partial charge is 0.494 e. The number of rotatable bonds is 2. The van der Waals surface area contributed by atoms with Gasteiger partial charge >= 0.3 is 0 Å². The second kappa shape index (κ2) is 10.4. The quantitative estimate of drug-likeness (QED) is 0.442. The first-order chi connectivity index (χ1) is 18.6. The normalized spacial score (nSPS) is 17.0. The SMILES string of the molecule is O=C1NCCCOc2cccc(c2)C2c3ccc(cc3CCN2C(=O)Cn2cccn2)Oc2cncc1c2. The van der Waals surface area contributed by atoms with E-state index in [1.165, 1.54) is 6.20 Å². The van der Waals surface area contributed by atoms with Crippen molar-refractivity contribution in [2.24, 2.45) is 0 Å². The molecule has 3 aliphatic rings. The van der Waals surface area contributed by atoms with E-state index in [-0.39, 0.29) is 24.4 Å². The molecule has 192 valence electrons. The van der Waals surface area contributed by atoms with Gasteiger partial charge in [-0.25, -0.2) is 0 Å². The van der Waals surface area contributed by atoms with Gasteiger partial charge in [0, 0.05) is 31.7 Å². The van der Waals surface area contributed by atoms with E-state index in [1.54, 1.807) is 29.3 Å². The zero-order valence-corrected chi connectivity index (χ0v) is 20.7. The zero-order valence-electron chi connectivity index (χ0n) is 20.7. The number of aromatic nitrogens is 3. The molecule has 8 bridgehead atoms. The average molecular weight is 510 g/mol. The number of carbonyl (C=O) groups excluding carboxylic acids is 2. The second-order valence-corrected chi connectivity index (χ2v) is 9.35. The van der Waals surface area contributed by atoms with Gasteiger partial charge in [0.05, 0.1) is 24.4 Å². The number of carbonyl (C=O) groups is 2. The highest BCUT2D eigenvalue weighted by atomic mass is 16.5. The van der Waals surface area contributed by atoms with Crippen LogP contribution in [0, 0.1) is 0 Å². The van der Waals surface area contributed by atoms with Gasteiger partial charge in [0.25, 0.3) is 5.91 Å². The molecule has 0 fully saturated rings. The maximum atomic E-state index is 13.5. The summed E-state index contributed by atoms with van der Waals surface area (Å²) in [6.45, 7) is 1.64. The lowest BCUT2D eigenvalue weighted by atomic mass is 9.87. The van der Waals surface area contributed by atoms with Crippen LogP contribution in [0.4, 0.5) is 0 Å². The monoisotopic (exact) mass is 509 g/mol. The summed E-state index contributed by atoms with van der Waals surface area (Å²) in [7, 11) is 0. The summed E-state index contributed by atoms with van der Waals surface area (Å²) in [5.74, 6) is 1.64. The molecule has 5 heterocycles. The van der Waals surface area contributed by atoms with Crippen LogP contribution in [-0.2, 0) is 17.8 Å². The van der Waals surface area contributed by atoms with Crippen molar-refractivity contribution in [1.29, 1.82) is 0 Å². The van der Waals surface area contributed by atoms with Crippen molar-refractivity contribution in [3.8, 4) is 17.2 Å². The number of nitrogens with one attached hydrogen (secondary N) is 1. The zero-order chi connectivity index (χ0) is 25.9. The lowest BCUT2D eigenvalue weighted by molar-refractivity contribution is -0.134. The number of hydrogen-bond acceptors (Lipinski definition) is 6. The lowest BCUT2D eigenvalue weighted by Crippen LogP contribution is -2.42. The minimum Gasteiger partial charge on any atom is -0.494 e. The molecule has 1 unspecified atom stereocenters. The van der Waals surface area contributed by atoms with Gasteiger partial charge in [0.15, 0.2) is 0 Å². The molecule has 0 saturated heterocycles. The Morgan fingerprint density at radius 1 is 1.05 bits per heavy atom. The number of pyridine rings is 1. The molecular formula is C29H27N5O4. The topological polar surface area (TPSA) is 98.6 Å². The molecular weight excluding hydrogens is 482 g/mol. The first-order valence-electron chi connectivity index (χ1n) is 12.7. The highest BCUT2D eigenvalue weighted by Crippen LogP contribution is 2.38. The average Bonchev–Trinajstić information content (AvgIpc) is 3.45. The Morgan fingerprint density at radius 2 is 2.00 bits per heavy atom. The van der Waals surface area contributed by atoms with E-state index in [4.69, 9.17) is 9.47 Å². The molecule has 3 aliphatic heterocycles. The van der Waals surface area contributed by atoms with E-state index in [2.05, 4.69) is 15.4 Å². The van der Waals surface area contributed by atoms with E-state index in [0.29, 0.717) is 49.6 Å². The summed E-state index contributed by atoms with van der Waals surface area (Å²) in [6.07, 6.45) is 7.91. The number of benzene rings is 2. The number of fused-ring (bicyclic) bond motifs is 6.